The molecule has 0 saturated carbocycles. The lowest BCUT2D eigenvalue weighted by atomic mass is 10.2. The SMILES string of the molecule is CCCOCCCNC(=O)c1ccccc1F. The third kappa shape index (κ3) is 4.95. The first-order chi connectivity index (χ1) is 8.25. The number of nitrogens with one attached hydrogen (secondary N) is 1. The van der Waals surface area contributed by atoms with E-state index in [-0.39, 0.29) is 11.5 Å². The second kappa shape index (κ2) is 7.79. The number of hydrogen-bond donors (Lipinski definition) is 1. The zero-order valence-electron chi connectivity index (χ0n) is 10.0. The molecule has 0 aliphatic heterocycles. The maximum Gasteiger partial charge on any atom is 0.254 e. The normalized spacial score (nSPS) is 10.2. The van der Waals surface area contributed by atoms with Crippen LogP contribution in [0.5, 0.6) is 0 Å². The molecule has 17 heavy (non-hydrogen) atoms. The van der Waals surface area contributed by atoms with Crippen molar-refractivity contribution < 1.29 is 13.9 Å². The van der Waals surface area contributed by atoms with E-state index in [1.165, 1.54) is 12.1 Å². The van der Waals surface area contributed by atoms with Crippen LogP contribution in [0.2, 0.25) is 0 Å². The summed E-state index contributed by atoms with van der Waals surface area (Å²) in [5, 5.41) is 2.66. The van der Waals surface area contributed by atoms with Crippen molar-refractivity contribution in [1.82, 2.24) is 5.32 Å². The smallest absolute Gasteiger partial charge is 0.254 e. The van der Waals surface area contributed by atoms with Crippen molar-refractivity contribution >= 4 is 5.91 Å². The number of rotatable bonds is 7. The van der Waals surface area contributed by atoms with Crippen LogP contribution in [0, 0.1) is 5.82 Å². The zero-order chi connectivity index (χ0) is 12.5. The summed E-state index contributed by atoms with van der Waals surface area (Å²) in [7, 11) is 0. The second-order valence-electron chi connectivity index (χ2n) is 3.70. The third-order valence-electron chi connectivity index (χ3n) is 2.22. The van der Waals surface area contributed by atoms with E-state index in [9.17, 15) is 9.18 Å². The van der Waals surface area contributed by atoms with Crippen LogP contribution in [0.15, 0.2) is 24.3 Å². The molecule has 1 N–H and O–H groups in total. The highest BCUT2D eigenvalue weighted by atomic mass is 19.1. The lowest BCUT2D eigenvalue weighted by molar-refractivity contribution is 0.0937. The molecule has 0 spiro atoms. The number of amides is 1. The maximum atomic E-state index is 13.2. The van der Waals surface area contributed by atoms with E-state index in [4.69, 9.17) is 4.74 Å². The zero-order valence-corrected chi connectivity index (χ0v) is 10.0. The molecule has 1 amide bonds. The summed E-state index contributed by atoms with van der Waals surface area (Å²) in [5.74, 6) is -0.870. The Hall–Kier alpha value is -1.42. The van der Waals surface area contributed by atoms with Gasteiger partial charge in [0.1, 0.15) is 5.82 Å². The van der Waals surface area contributed by atoms with Gasteiger partial charge in [-0.1, -0.05) is 19.1 Å². The lowest BCUT2D eigenvalue weighted by Crippen LogP contribution is -2.26. The molecule has 0 saturated heterocycles. The molecule has 0 heterocycles. The summed E-state index contributed by atoms with van der Waals surface area (Å²) in [5.41, 5.74) is 0.0852. The molecular formula is C13H18FNO2. The Morgan fingerprint density at radius 2 is 2.12 bits per heavy atom. The maximum absolute atomic E-state index is 13.2. The standard InChI is InChI=1S/C13H18FNO2/c1-2-9-17-10-5-8-15-13(16)11-6-3-4-7-12(11)14/h3-4,6-7H,2,5,8-10H2,1H3,(H,15,16). The van der Waals surface area contributed by atoms with Crippen LogP contribution >= 0.6 is 0 Å². The van der Waals surface area contributed by atoms with E-state index in [1.54, 1.807) is 12.1 Å². The second-order valence-corrected chi connectivity index (χ2v) is 3.70. The van der Waals surface area contributed by atoms with Gasteiger partial charge in [-0.25, -0.2) is 4.39 Å². The number of ether oxygens (including phenoxy) is 1. The quantitative estimate of drug-likeness (QED) is 0.742. The molecule has 94 valence electrons. The summed E-state index contributed by atoms with van der Waals surface area (Å²) in [6.45, 7) is 3.89. The van der Waals surface area contributed by atoms with Gasteiger partial charge in [-0.15, -0.1) is 0 Å². The van der Waals surface area contributed by atoms with Crippen molar-refractivity contribution in [1.29, 1.82) is 0 Å². The first-order valence-corrected chi connectivity index (χ1v) is 5.86. The van der Waals surface area contributed by atoms with Gasteiger partial charge in [0.25, 0.3) is 5.91 Å². The monoisotopic (exact) mass is 239 g/mol. The third-order valence-corrected chi connectivity index (χ3v) is 2.22. The average Bonchev–Trinajstić information content (AvgIpc) is 2.34. The van der Waals surface area contributed by atoms with Crippen LogP contribution in [0.4, 0.5) is 4.39 Å². The topological polar surface area (TPSA) is 38.3 Å². The summed E-state index contributed by atoms with van der Waals surface area (Å²) in [6.07, 6.45) is 1.72. The predicted molar refractivity (Wildman–Crippen MR) is 64.5 cm³/mol. The van der Waals surface area contributed by atoms with Crippen molar-refractivity contribution in [3.8, 4) is 0 Å². The van der Waals surface area contributed by atoms with E-state index in [1.807, 2.05) is 6.92 Å². The first kappa shape index (κ1) is 13.6. The van der Waals surface area contributed by atoms with Crippen molar-refractivity contribution in [3.05, 3.63) is 35.6 Å². The van der Waals surface area contributed by atoms with Crippen LogP contribution in [0.3, 0.4) is 0 Å². The molecule has 3 nitrogen and oxygen atoms in total. The number of benzene rings is 1. The fraction of sp³-hybridized carbons (Fsp3) is 0.462. The molecule has 0 radical (unpaired) electrons. The molecule has 1 aromatic rings. The van der Waals surface area contributed by atoms with Gasteiger partial charge in [0.15, 0.2) is 0 Å². The summed E-state index contributed by atoms with van der Waals surface area (Å²) >= 11 is 0. The highest BCUT2D eigenvalue weighted by molar-refractivity contribution is 5.94. The van der Waals surface area contributed by atoms with E-state index in [2.05, 4.69) is 5.32 Å². The number of hydrogen-bond acceptors (Lipinski definition) is 2. The Morgan fingerprint density at radius 1 is 1.35 bits per heavy atom. The van der Waals surface area contributed by atoms with Gasteiger partial charge in [-0.05, 0) is 25.0 Å². The number of halogens is 1. The minimum Gasteiger partial charge on any atom is -0.381 e. The molecule has 0 aliphatic rings. The fourth-order valence-corrected chi connectivity index (χ4v) is 1.36. The number of carbonyl (C=O) groups is 1. The Morgan fingerprint density at radius 3 is 2.82 bits per heavy atom. The van der Waals surface area contributed by atoms with Gasteiger partial charge in [0.05, 0.1) is 5.56 Å². The van der Waals surface area contributed by atoms with Gasteiger partial charge in [-0.3, -0.25) is 4.79 Å². The van der Waals surface area contributed by atoms with Crippen molar-refractivity contribution in [2.24, 2.45) is 0 Å². The lowest BCUT2D eigenvalue weighted by Gasteiger charge is -2.06. The van der Waals surface area contributed by atoms with E-state index < -0.39 is 5.82 Å². The van der Waals surface area contributed by atoms with E-state index >= 15 is 0 Å². The van der Waals surface area contributed by atoms with Gasteiger partial charge in [0, 0.05) is 19.8 Å². The van der Waals surface area contributed by atoms with Gasteiger partial charge >= 0.3 is 0 Å². The molecule has 4 heteroatoms. The van der Waals surface area contributed by atoms with Crippen LogP contribution in [0.25, 0.3) is 0 Å². The van der Waals surface area contributed by atoms with E-state index in [0.717, 1.165) is 19.4 Å². The predicted octanol–water partition coefficient (Wildman–Crippen LogP) is 2.37. The van der Waals surface area contributed by atoms with Crippen molar-refractivity contribution in [3.63, 3.8) is 0 Å². The molecule has 1 rings (SSSR count). The molecule has 0 fully saturated rings. The summed E-state index contributed by atoms with van der Waals surface area (Å²) < 4.78 is 18.5. The Balaban J connectivity index is 2.24. The van der Waals surface area contributed by atoms with Crippen molar-refractivity contribution in [2.45, 2.75) is 19.8 Å². The Kier molecular flexibility index (Phi) is 6.25. The first-order valence-electron chi connectivity index (χ1n) is 5.86. The Labute approximate surface area is 101 Å². The Bertz CT molecular complexity index is 355. The van der Waals surface area contributed by atoms with Crippen LogP contribution in [-0.2, 0) is 4.74 Å². The average molecular weight is 239 g/mol. The molecular weight excluding hydrogens is 221 g/mol. The minimum atomic E-state index is -0.493. The van der Waals surface area contributed by atoms with Gasteiger partial charge in [-0.2, -0.15) is 0 Å². The molecule has 0 atom stereocenters. The largest absolute Gasteiger partial charge is 0.381 e. The highest BCUT2D eigenvalue weighted by Gasteiger charge is 2.09. The molecule has 0 unspecified atom stereocenters. The van der Waals surface area contributed by atoms with Crippen LogP contribution in [-0.4, -0.2) is 25.7 Å². The van der Waals surface area contributed by atoms with Crippen molar-refractivity contribution in [2.75, 3.05) is 19.8 Å². The number of carbonyl (C=O) groups excluding carboxylic acids is 1. The van der Waals surface area contributed by atoms with Gasteiger partial charge in [0.2, 0.25) is 0 Å². The van der Waals surface area contributed by atoms with Crippen LogP contribution < -0.4 is 5.32 Å². The molecule has 0 bridgehead atoms. The van der Waals surface area contributed by atoms with Gasteiger partial charge < -0.3 is 10.1 Å². The molecule has 0 aromatic heterocycles. The molecule has 0 aliphatic carbocycles. The fourth-order valence-electron chi connectivity index (χ4n) is 1.36. The molecule has 1 aromatic carbocycles. The van der Waals surface area contributed by atoms with E-state index in [0.29, 0.717) is 13.2 Å². The minimum absolute atomic E-state index is 0.0852. The van der Waals surface area contributed by atoms with Crippen LogP contribution in [0.1, 0.15) is 30.1 Å². The summed E-state index contributed by atoms with van der Waals surface area (Å²) in [4.78, 5) is 11.6. The summed E-state index contributed by atoms with van der Waals surface area (Å²) in [6, 6.07) is 5.95. The highest BCUT2D eigenvalue weighted by Crippen LogP contribution is 2.05.